The van der Waals surface area contributed by atoms with E-state index in [1.165, 1.54) is 28.5 Å². The van der Waals surface area contributed by atoms with Gasteiger partial charge in [0.2, 0.25) is 0 Å². The predicted molar refractivity (Wildman–Crippen MR) is 88.2 cm³/mol. The van der Waals surface area contributed by atoms with E-state index < -0.39 is 10.0 Å². The molecular weight excluding hydrogens is 320 g/mol. The fraction of sp³-hybridized carbons (Fsp3) is 0.200. The molecule has 22 heavy (non-hydrogen) atoms. The minimum absolute atomic E-state index is 0.205. The number of hydrogen-bond acceptors (Lipinski definition) is 5. The van der Waals surface area contributed by atoms with Crippen LogP contribution in [0.5, 0.6) is 5.75 Å². The van der Waals surface area contributed by atoms with E-state index >= 15 is 0 Å². The van der Waals surface area contributed by atoms with Gasteiger partial charge in [-0.05, 0) is 42.1 Å². The van der Waals surface area contributed by atoms with E-state index in [1.54, 1.807) is 24.4 Å². The lowest BCUT2D eigenvalue weighted by Crippen LogP contribution is -2.11. The zero-order valence-electron chi connectivity index (χ0n) is 12.0. The Morgan fingerprint density at radius 3 is 2.86 bits per heavy atom. The van der Waals surface area contributed by atoms with Crippen molar-refractivity contribution >= 4 is 31.6 Å². The molecule has 0 radical (unpaired) electrons. The topological polar surface area (TPSA) is 74.3 Å². The van der Waals surface area contributed by atoms with E-state index in [0.29, 0.717) is 23.5 Å². The number of nitrogens with zero attached hydrogens (tertiary/aromatic N) is 1. The van der Waals surface area contributed by atoms with Crippen molar-refractivity contribution in [1.29, 1.82) is 0 Å². The number of aromatic nitrogens is 1. The number of ether oxygens (including phenoxy) is 1. The van der Waals surface area contributed by atoms with Gasteiger partial charge in [0.05, 0.1) is 12.0 Å². The van der Waals surface area contributed by atoms with Crippen molar-refractivity contribution in [3.05, 3.63) is 47.5 Å². The Labute approximate surface area is 133 Å². The van der Waals surface area contributed by atoms with Gasteiger partial charge in [-0.25, -0.2) is 12.4 Å². The second-order valence-corrected chi connectivity index (χ2v) is 7.52. The monoisotopic (exact) mass is 336 g/mol. The van der Waals surface area contributed by atoms with Crippen molar-refractivity contribution in [1.82, 2.24) is 3.97 Å². The Bertz CT molecular complexity index is 910. The van der Waals surface area contributed by atoms with Crippen LogP contribution in [0.15, 0.2) is 46.8 Å². The van der Waals surface area contributed by atoms with Crippen LogP contribution in [0.1, 0.15) is 5.56 Å². The Balaban J connectivity index is 2.18. The minimum Gasteiger partial charge on any atom is -0.497 e. The number of fused-ring (bicyclic) bond motifs is 1. The summed E-state index contributed by atoms with van der Waals surface area (Å²) in [5.41, 5.74) is 6.57. The molecule has 0 bridgehead atoms. The Hall–Kier alpha value is -1.83. The Kier molecular flexibility index (Phi) is 3.94. The molecule has 0 amide bonds. The third-order valence-electron chi connectivity index (χ3n) is 3.48. The highest BCUT2D eigenvalue weighted by molar-refractivity contribution is 7.90. The van der Waals surface area contributed by atoms with Crippen molar-refractivity contribution in [2.45, 2.75) is 11.3 Å². The van der Waals surface area contributed by atoms with E-state index in [-0.39, 0.29) is 4.90 Å². The molecule has 2 aromatic heterocycles. The molecule has 116 valence electrons. The van der Waals surface area contributed by atoms with Crippen molar-refractivity contribution < 1.29 is 13.2 Å². The van der Waals surface area contributed by atoms with E-state index in [0.717, 1.165) is 10.9 Å². The van der Waals surface area contributed by atoms with Crippen molar-refractivity contribution in [2.24, 2.45) is 5.73 Å². The van der Waals surface area contributed by atoms with Crippen molar-refractivity contribution in [3.8, 4) is 5.75 Å². The molecule has 2 heterocycles. The smallest absolute Gasteiger partial charge is 0.268 e. The summed E-state index contributed by atoms with van der Waals surface area (Å²) in [6, 6.07) is 8.41. The highest BCUT2D eigenvalue weighted by Gasteiger charge is 2.22. The van der Waals surface area contributed by atoms with Gasteiger partial charge in [-0.3, -0.25) is 0 Å². The molecule has 0 aliphatic heterocycles. The van der Waals surface area contributed by atoms with Gasteiger partial charge in [-0.15, -0.1) is 11.3 Å². The molecule has 1 aromatic carbocycles. The lowest BCUT2D eigenvalue weighted by atomic mass is 10.2. The van der Waals surface area contributed by atoms with Crippen LogP contribution in [0.25, 0.3) is 10.2 Å². The molecule has 0 fully saturated rings. The third kappa shape index (κ3) is 2.41. The van der Waals surface area contributed by atoms with E-state index in [9.17, 15) is 8.42 Å². The first-order valence-corrected chi connectivity index (χ1v) is 9.07. The molecule has 0 saturated heterocycles. The van der Waals surface area contributed by atoms with Crippen LogP contribution in [0.3, 0.4) is 0 Å². The lowest BCUT2D eigenvalue weighted by molar-refractivity contribution is 0.413. The molecule has 0 aliphatic rings. The van der Waals surface area contributed by atoms with Gasteiger partial charge in [0.1, 0.15) is 10.6 Å². The van der Waals surface area contributed by atoms with Crippen molar-refractivity contribution in [3.63, 3.8) is 0 Å². The zero-order chi connectivity index (χ0) is 15.7. The second kappa shape index (κ2) is 5.75. The first kappa shape index (κ1) is 15.1. The summed E-state index contributed by atoms with van der Waals surface area (Å²) >= 11 is 1.40. The Morgan fingerprint density at radius 2 is 2.14 bits per heavy atom. The number of thiophene rings is 1. The van der Waals surface area contributed by atoms with E-state index in [1.807, 2.05) is 11.4 Å². The molecule has 0 aliphatic carbocycles. The summed E-state index contributed by atoms with van der Waals surface area (Å²) < 4.78 is 32.3. The average molecular weight is 336 g/mol. The van der Waals surface area contributed by atoms with Crippen molar-refractivity contribution in [2.75, 3.05) is 13.7 Å². The fourth-order valence-electron chi connectivity index (χ4n) is 2.39. The zero-order valence-corrected chi connectivity index (χ0v) is 13.7. The molecule has 3 rings (SSSR count). The maximum absolute atomic E-state index is 12.9. The Morgan fingerprint density at radius 1 is 1.32 bits per heavy atom. The molecule has 0 unspecified atom stereocenters. The van der Waals surface area contributed by atoms with Crippen LogP contribution in [-0.2, 0) is 16.4 Å². The van der Waals surface area contributed by atoms with Gasteiger partial charge >= 0.3 is 0 Å². The summed E-state index contributed by atoms with van der Waals surface area (Å²) in [6.45, 7) is 0.480. The van der Waals surface area contributed by atoms with Crippen LogP contribution >= 0.6 is 11.3 Å². The largest absolute Gasteiger partial charge is 0.497 e. The van der Waals surface area contributed by atoms with Gasteiger partial charge in [-0.2, -0.15) is 0 Å². The van der Waals surface area contributed by atoms with Gasteiger partial charge in [0.15, 0.2) is 0 Å². The van der Waals surface area contributed by atoms with E-state index in [2.05, 4.69) is 0 Å². The number of methoxy groups -OCH3 is 1. The molecule has 0 saturated carbocycles. The van der Waals surface area contributed by atoms with Gasteiger partial charge < -0.3 is 10.5 Å². The maximum atomic E-state index is 12.9. The number of rotatable bonds is 5. The predicted octanol–water partition coefficient (Wildman–Crippen LogP) is 2.45. The summed E-state index contributed by atoms with van der Waals surface area (Å²) in [5.74, 6) is 0.512. The lowest BCUT2D eigenvalue weighted by Gasteiger charge is -2.08. The summed E-state index contributed by atoms with van der Waals surface area (Å²) in [4.78, 5) is 0.919. The van der Waals surface area contributed by atoms with Crippen LogP contribution < -0.4 is 10.5 Å². The molecular formula is C15H16N2O3S2. The van der Waals surface area contributed by atoms with Gasteiger partial charge in [0.25, 0.3) is 10.0 Å². The van der Waals surface area contributed by atoms with Crippen LogP contribution in [0.2, 0.25) is 0 Å². The summed E-state index contributed by atoms with van der Waals surface area (Å²) in [5, 5.41) is 2.84. The number of hydrogen-bond donors (Lipinski definition) is 1. The second-order valence-electron chi connectivity index (χ2n) is 4.81. The van der Waals surface area contributed by atoms with Crippen LogP contribution in [0, 0.1) is 0 Å². The maximum Gasteiger partial charge on any atom is 0.268 e. The first-order valence-electron chi connectivity index (χ1n) is 6.75. The SMILES string of the molecule is COc1cccc(S(=O)(=O)n2cc(CCN)c3ccsc32)c1. The number of nitrogens with two attached hydrogens (primary N) is 1. The molecule has 5 nitrogen and oxygen atoms in total. The highest BCUT2D eigenvalue weighted by atomic mass is 32.2. The normalized spacial score (nSPS) is 11.9. The van der Waals surface area contributed by atoms with Crippen LogP contribution in [0.4, 0.5) is 0 Å². The fourth-order valence-corrected chi connectivity index (χ4v) is 4.96. The molecule has 0 spiro atoms. The molecule has 2 N–H and O–H groups in total. The third-order valence-corrected chi connectivity index (χ3v) is 6.16. The van der Waals surface area contributed by atoms with Gasteiger partial charge in [-0.1, -0.05) is 6.07 Å². The minimum atomic E-state index is -3.66. The summed E-state index contributed by atoms with van der Waals surface area (Å²) in [7, 11) is -2.15. The summed E-state index contributed by atoms with van der Waals surface area (Å²) in [6.07, 6.45) is 2.32. The van der Waals surface area contributed by atoms with Gasteiger partial charge in [0, 0.05) is 17.6 Å². The quantitative estimate of drug-likeness (QED) is 0.776. The first-order chi connectivity index (χ1) is 10.6. The van der Waals surface area contributed by atoms with Crippen LogP contribution in [-0.4, -0.2) is 26.0 Å². The number of benzene rings is 1. The standard InChI is InChI=1S/C15H16N2O3S2/c1-20-12-3-2-4-13(9-12)22(18,19)17-10-11(5-7-16)14-6-8-21-15(14)17/h2-4,6,8-10H,5,7,16H2,1H3. The average Bonchev–Trinajstić information content (AvgIpc) is 3.11. The molecule has 7 heteroatoms. The molecule has 0 atom stereocenters. The molecule has 3 aromatic rings. The highest BCUT2D eigenvalue weighted by Crippen LogP contribution is 2.31. The van der Waals surface area contributed by atoms with E-state index in [4.69, 9.17) is 10.5 Å².